The van der Waals surface area contributed by atoms with Crippen LogP contribution >= 0.6 is 0 Å². The fourth-order valence-corrected chi connectivity index (χ4v) is 1.41. The SMILES string of the molecule is CCNC(=NCc1ccc(C(N)=O)o1)NC(C)CC. The van der Waals surface area contributed by atoms with Crippen molar-refractivity contribution in [3.63, 3.8) is 0 Å². The number of hydrogen-bond donors (Lipinski definition) is 3. The van der Waals surface area contributed by atoms with Crippen LogP contribution in [0, 0.1) is 0 Å². The molecule has 1 aromatic heterocycles. The number of guanidine groups is 1. The minimum Gasteiger partial charge on any atom is -0.454 e. The molecule has 0 saturated heterocycles. The van der Waals surface area contributed by atoms with Crippen LogP contribution in [0.3, 0.4) is 0 Å². The number of primary amides is 1. The van der Waals surface area contributed by atoms with E-state index in [0.29, 0.717) is 18.3 Å². The summed E-state index contributed by atoms with van der Waals surface area (Å²) in [4.78, 5) is 15.3. The van der Waals surface area contributed by atoms with E-state index in [4.69, 9.17) is 10.2 Å². The molecule has 1 aromatic rings. The summed E-state index contributed by atoms with van der Waals surface area (Å²) < 4.78 is 5.27. The molecule has 1 heterocycles. The van der Waals surface area contributed by atoms with Crippen molar-refractivity contribution in [2.45, 2.75) is 39.8 Å². The van der Waals surface area contributed by atoms with E-state index in [1.165, 1.54) is 0 Å². The number of rotatable bonds is 6. The Morgan fingerprint density at radius 3 is 2.74 bits per heavy atom. The lowest BCUT2D eigenvalue weighted by atomic mass is 10.3. The Balaban J connectivity index is 2.65. The van der Waals surface area contributed by atoms with Gasteiger partial charge in [0, 0.05) is 12.6 Å². The first-order chi connectivity index (χ1) is 9.06. The second-order valence-electron chi connectivity index (χ2n) is 4.28. The molecule has 1 atom stereocenters. The monoisotopic (exact) mass is 266 g/mol. The van der Waals surface area contributed by atoms with Crippen LogP contribution in [0.4, 0.5) is 0 Å². The van der Waals surface area contributed by atoms with Crippen molar-refractivity contribution >= 4 is 11.9 Å². The van der Waals surface area contributed by atoms with Crippen molar-refractivity contribution in [1.29, 1.82) is 0 Å². The highest BCUT2D eigenvalue weighted by Crippen LogP contribution is 2.08. The lowest BCUT2D eigenvalue weighted by Gasteiger charge is -2.15. The van der Waals surface area contributed by atoms with Gasteiger partial charge in [0.1, 0.15) is 12.3 Å². The third-order valence-electron chi connectivity index (χ3n) is 2.64. The molecule has 0 spiro atoms. The van der Waals surface area contributed by atoms with E-state index >= 15 is 0 Å². The van der Waals surface area contributed by atoms with E-state index in [-0.39, 0.29) is 5.76 Å². The standard InChI is InChI=1S/C13H22N4O2/c1-4-9(3)17-13(15-5-2)16-8-10-6-7-11(19-10)12(14)18/h6-7,9H,4-5,8H2,1-3H3,(H2,14,18)(H2,15,16,17). The summed E-state index contributed by atoms with van der Waals surface area (Å²) in [7, 11) is 0. The van der Waals surface area contributed by atoms with Gasteiger partial charge in [0.2, 0.25) is 0 Å². The molecule has 0 bridgehead atoms. The Hall–Kier alpha value is -1.98. The number of aliphatic imine (C=N–C) groups is 1. The van der Waals surface area contributed by atoms with Gasteiger partial charge in [-0.05, 0) is 32.4 Å². The second-order valence-corrected chi connectivity index (χ2v) is 4.28. The predicted octanol–water partition coefficient (Wildman–Crippen LogP) is 1.23. The maximum absolute atomic E-state index is 10.9. The number of hydrogen-bond acceptors (Lipinski definition) is 3. The maximum atomic E-state index is 10.9. The highest BCUT2D eigenvalue weighted by atomic mass is 16.3. The summed E-state index contributed by atoms with van der Waals surface area (Å²) in [6, 6.07) is 3.61. The fourth-order valence-electron chi connectivity index (χ4n) is 1.41. The molecule has 0 aliphatic rings. The molecule has 0 fully saturated rings. The van der Waals surface area contributed by atoms with Gasteiger partial charge in [0.05, 0.1) is 0 Å². The minimum absolute atomic E-state index is 0.157. The Bertz CT molecular complexity index is 440. The zero-order valence-corrected chi connectivity index (χ0v) is 11.7. The second kappa shape index (κ2) is 7.45. The fraction of sp³-hybridized carbons (Fsp3) is 0.538. The van der Waals surface area contributed by atoms with Crippen molar-refractivity contribution in [2.24, 2.45) is 10.7 Å². The van der Waals surface area contributed by atoms with Crippen molar-refractivity contribution in [1.82, 2.24) is 10.6 Å². The largest absolute Gasteiger partial charge is 0.454 e. The van der Waals surface area contributed by atoms with E-state index in [2.05, 4.69) is 29.5 Å². The first-order valence-corrected chi connectivity index (χ1v) is 6.50. The third kappa shape index (κ3) is 5.03. The Morgan fingerprint density at radius 1 is 1.47 bits per heavy atom. The van der Waals surface area contributed by atoms with E-state index in [0.717, 1.165) is 18.9 Å². The van der Waals surface area contributed by atoms with Gasteiger partial charge in [-0.3, -0.25) is 4.79 Å². The molecular weight excluding hydrogens is 244 g/mol. The van der Waals surface area contributed by atoms with Crippen LogP contribution in [0.25, 0.3) is 0 Å². The van der Waals surface area contributed by atoms with Gasteiger partial charge in [-0.1, -0.05) is 6.92 Å². The quantitative estimate of drug-likeness (QED) is 0.533. The number of nitrogens with two attached hydrogens (primary N) is 1. The number of carbonyl (C=O) groups is 1. The first kappa shape index (κ1) is 15.1. The van der Waals surface area contributed by atoms with Gasteiger partial charge in [-0.2, -0.15) is 0 Å². The third-order valence-corrected chi connectivity index (χ3v) is 2.64. The summed E-state index contributed by atoms with van der Waals surface area (Å²) >= 11 is 0. The van der Waals surface area contributed by atoms with E-state index in [1.54, 1.807) is 12.1 Å². The molecule has 0 aliphatic heterocycles. The molecular formula is C13H22N4O2. The van der Waals surface area contributed by atoms with Crippen LogP contribution < -0.4 is 16.4 Å². The van der Waals surface area contributed by atoms with Crippen molar-refractivity contribution < 1.29 is 9.21 Å². The van der Waals surface area contributed by atoms with Crippen LogP contribution in [-0.2, 0) is 6.54 Å². The molecule has 106 valence electrons. The molecule has 1 rings (SSSR count). The van der Waals surface area contributed by atoms with E-state index < -0.39 is 5.91 Å². The van der Waals surface area contributed by atoms with Crippen molar-refractivity contribution in [3.8, 4) is 0 Å². The molecule has 1 unspecified atom stereocenters. The van der Waals surface area contributed by atoms with Crippen LogP contribution in [0.2, 0.25) is 0 Å². The van der Waals surface area contributed by atoms with Gasteiger partial charge in [0.15, 0.2) is 11.7 Å². The Kier molecular flexibility index (Phi) is 5.92. The molecule has 6 nitrogen and oxygen atoms in total. The summed E-state index contributed by atoms with van der Waals surface area (Å²) in [5, 5.41) is 6.43. The molecule has 0 aliphatic carbocycles. The van der Waals surface area contributed by atoms with Crippen molar-refractivity contribution in [3.05, 3.63) is 23.7 Å². The summed E-state index contributed by atoms with van der Waals surface area (Å²) in [5.74, 6) is 0.925. The maximum Gasteiger partial charge on any atom is 0.284 e. The molecule has 19 heavy (non-hydrogen) atoms. The van der Waals surface area contributed by atoms with Gasteiger partial charge >= 0.3 is 0 Å². The molecule has 1 amide bonds. The van der Waals surface area contributed by atoms with Crippen LogP contribution in [0.5, 0.6) is 0 Å². The average molecular weight is 266 g/mol. The smallest absolute Gasteiger partial charge is 0.284 e. The molecule has 0 saturated carbocycles. The minimum atomic E-state index is -0.570. The van der Waals surface area contributed by atoms with Gasteiger partial charge in [0.25, 0.3) is 5.91 Å². The van der Waals surface area contributed by atoms with Crippen molar-refractivity contribution in [2.75, 3.05) is 6.54 Å². The van der Waals surface area contributed by atoms with Crippen LogP contribution in [-0.4, -0.2) is 24.5 Å². The molecule has 4 N–H and O–H groups in total. The van der Waals surface area contributed by atoms with Gasteiger partial charge in [-0.15, -0.1) is 0 Å². The normalized spacial score (nSPS) is 13.1. The summed E-state index contributed by atoms with van der Waals surface area (Å²) in [6.45, 7) is 7.34. The number of furan rings is 1. The zero-order valence-electron chi connectivity index (χ0n) is 11.7. The molecule has 0 radical (unpaired) electrons. The summed E-state index contributed by atoms with van der Waals surface area (Å²) in [5.41, 5.74) is 5.12. The van der Waals surface area contributed by atoms with E-state index in [9.17, 15) is 4.79 Å². The average Bonchev–Trinajstić information content (AvgIpc) is 2.85. The highest BCUT2D eigenvalue weighted by Gasteiger charge is 2.07. The number of amides is 1. The van der Waals surface area contributed by atoms with Crippen LogP contribution in [0.15, 0.2) is 21.5 Å². The zero-order chi connectivity index (χ0) is 14.3. The van der Waals surface area contributed by atoms with E-state index in [1.807, 2.05) is 6.92 Å². The molecule has 0 aromatic carbocycles. The van der Waals surface area contributed by atoms with Gasteiger partial charge < -0.3 is 20.8 Å². The van der Waals surface area contributed by atoms with Gasteiger partial charge in [-0.25, -0.2) is 4.99 Å². The number of nitrogens with zero attached hydrogens (tertiary/aromatic N) is 1. The first-order valence-electron chi connectivity index (χ1n) is 6.50. The topological polar surface area (TPSA) is 92.6 Å². The number of nitrogens with one attached hydrogen (secondary N) is 2. The predicted molar refractivity (Wildman–Crippen MR) is 74.9 cm³/mol. The lowest BCUT2D eigenvalue weighted by molar-refractivity contribution is 0.0972. The highest BCUT2D eigenvalue weighted by molar-refractivity contribution is 5.89. The number of carbonyl (C=O) groups excluding carboxylic acids is 1. The molecule has 6 heteroatoms. The lowest BCUT2D eigenvalue weighted by Crippen LogP contribution is -2.41. The summed E-state index contributed by atoms with van der Waals surface area (Å²) in [6.07, 6.45) is 1.01. The Labute approximate surface area is 113 Å². The van der Waals surface area contributed by atoms with Crippen LogP contribution in [0.1, 0.15) is 43.5 Å². The Morgan fingerprint density at radius 2 is 2.21 bits per heavy atom.